The van der Waals surface area contributed by atoms with Crippen LogP contribution in [0.3, 0.4) is 0 Å². The Bertz CT molecular complexity index is 521. The SMILES string of the molecule is CCS(=O)(=O)c1ccccc1N(C)C[C@@H]1CCOC1. The number of hydrogen-bond donors (Lipinski definition) is 0. The molecule has 0 saturated carbocycles. The Balaban J connectivity index is 2.23. The highest BCUT2D eigenvalue weighted by Crippen LogP contribution is 2.26. The largest absolute Gasteiger partial charge is 0.381 e. The van der Waals surface area contributed by atoms with Crippen molar-refractivity contribution in [3.05, 3.63) is 24.3 Å². The molecule has 0 spiro atoms. The van der Waals surface area contributed by atoms with Crippen LogP contribution >= 0.6 is 0 Å². The molecule has 0 N–H and O–H groups in total. The van der Waals surface area contributed by atoms with Crippen molar-refractivity contribution in [3.8, 4) is 0 Å². The Morgan fingerprint density at radius 2 is 2.11 bits per heavy atom. The maximum atomic E-state index is 12.1. The minimum Gasteiger partial charge on any atom is -0.381 e. The van der Waals surface area contributed by atoms with E-state index in [0.29, 0.717) is 10.8 Å². The molecular formula is C14H21NO3S. The molecule has 0 bridgehead atoms. The molecule has 0 amide bonds. The Morgan fingerprint density at radius 3 is 2.74 bits per heavy atom. The first-order valence-electron chi connectivity index (χ1n) is 6.65. The Labute approximate surface area is 115 Å². The van der Waals surface area contributed by atoms with Gasteiger partial charge in [-0.25, -0.2) is 8.42 Å². The molecule has 1 atom stereocenters. The molecular weight excluding hydrogens is 262 g/mol. The number of para-hydroxylation sites is 1. The summed E-state index contributed by atoms with van der Waals surface area (Å²) in [7, 11) is -1.23. The molecule has 0 radical (unpaired) electrons. The van der Waals surface area contributed by atoms with E-state index in [4.69, 9.17) is 4.74 Å². The van der Waals surface area contributed by atoms with Gasteiger partial charge in [-0.2, -0.15) is 0 Å². The van der Waals surface area contributed by atoms with Crippen molar-refractivity contribution in [2.75, 3.05) is 37.5 Å². The van der Waals surface area contributed by atoms with Gasteiger partial charge in [0.05, 0.1) is 22.9 Å². The molecule has 1 heterocycles. The summed E-state index contributed by atoms with van der Waals surface area (Å²) >= 11 is 0. The predicted molar refractivity (Wildman–Crippen MR) is 76.4 cm³/mol. The van der Waals surface area contributed by atoms with Gasteiger partial charge < -0.3 is 9.64 Å². The van der Waals surface area contributed by atoms with Crippen LogP contribution in [0.2, 0.25) is 0 Å². The minimum atomic E-state index is -3.18. The summed E-state index contributed by atoms with van der Waals surface area (Å²) in [4.78, 5) is 2.46. The highest BCUT2D eigenvalue weighted by molar-refractivity contribution is 7.91. The number of nitrogens with zero attached hydrogens (tertiary/aromatic N) is 1. The van der Waals surface area contributed by atoms with Crippen LogP contribution in [0, 0.1) is 5.92 Å². The van der Waals surface area contributed by atoms with Crippen molar-refractivity contribution >= 4 is 15.5 Å². The summed E-state index contributed by atoms with van der Waals surface area (Å²) in [5.41, 5.74) is 0.788. The zero-order valence-electron chi connectivity index (χ0n) is 11.5. The zero-order valence-corrected chi connectivity index (χ0v) is 12.3. The Morgan fingerprint density at radius 1 is 1.37 bits per heavy atom. The van der Waals surface area contributed by atoms with Crippen molar-refractivity contribution < 1.29 is 13.2 Å². The molecule has 0 aromatic heterocycles. The lowest BCUT2D eigenvalue weighted by Crippen LogP contribution is -2.27. The summed E-state index contributed by atoms with van der Waals surface area (Å²) in [6.07, 6.45) is 1.05. The van der Waals surface area contributed by atoms with Gasteiger partial charge in [0.2, 0.25) is 0 Å². The average molecular weight is 283 g/mol. The number of rotatable bonds is 5. The van der Waals surface area contributed by atoms with Gasteiger partial charge in [-0.15, -0.1) is 0 Å². The van der Waals surface area contributed by atoms with Gasteiger partial charge in [-0.05, 0) is 18.6 Å². The molecule has 1 aliphatic heterocycles. The molecule has 1 saturated heterocycles. The smallest absolute Gasteiger partial charge is 0.180 e. The van der Waals surface area contributed by atoms with Crippen LogP contribution in [-0.4, -0.2) is 41.0 Å². The Hall–Kier alpha value is -1.07. The lowest BCUT2D eigenvalue weighted by Gasteiger charge is -2.24. The van der Waals surface area contributed by atoms with E-state index in [-0.39, 0.29) is 5.75 Å². The average Bonchev–Trinajstić information content (AvgIpc) is 2.91. The normalized spacial score (nSPS) is 19.6. The molecule has 2 rings (SSSR count). The van der Waals surface area contributed by atoms with Crippen LogP contribution in [0.4, 0.5) is 5.69 Å². The molecule has 4 nitrogen and oxygen atoms in total. The van der Waals surface area contributed by atoms with Gasteiger partial charge in [-0.1, -0.05) is 19.1 Å². The quantitative estimate of drug-likeness (QED) is 0.828. The molecule has 1 aromatic rings. The maximum absolute atomic E-state index is 12.1. The number of hydrogen-bond acceptors (Lipinski definition) is 4. The first-order chi connectivity index (χ1) is 9.04. The second kappa shape index (κ2) is 5.92. The van der Waals surface area contributed by atoms with E-state index in [1.165, 1.54) is 0 Å². The van der Waals surface area contributed by atoms with E-state index in [0.717, 1.165) is 31.9 Å². The highest BCUT2D eigenvalue weighted by atomic mass is 32.2. The van der Waals surface area contributed by atoms with Crippen LogP contribution < -0.4 is 4.90 Å². The summed E-state index contributed by atoms with van der Waals surface area (Å²) in [6, 6.07) is 7.22. The van der Waals surface area contributed by atoms with Gasteiger partial charge in [0, 0.05) is 26.1 Å². The molecule has 1 aliphatic rings. The van der Waals surface area contributed by atoms with E-state index in [9.17, 15) is 8.42 Å². The summed E-state index contributed by atoms with van der Waals surface area (Å²) in [5, 5.41) is 0. The molecule has 1 aromatic carbocycles. The van der Waals surface area contributed by atoms with Crippen LogP contribution in [0.1, 0.15) is 13.3 Å². The van der Waals surface area contributed by atoms with E-state index < -0.39 is 9.84 Å². The summed E-state index contributed by atoms with van der Waals surface area (Å²) in [6.45, 7) is 4.09. The molecule has 1 fully saturated rings. The van der Waals surface area contributed by atoms with Crippen molar-refractivity contribution in [1.82, 2.24) is 0 Å². The van der Waals surface area contributed by atoms with E-state index in [2.05, 4.69) is 0 Å². The fourth-order valence-corrected chi connectivity index (χ4v) is 3.54. The standard InChI is InChI=1S/C14H21NO3S/c1-3-19(16,17)14-7-5-4-6-13(14)15(2)10-12-8-9-18-11-12/h4-7,12H,3,8-11H2,1-2H3/t12-/m0/s1. The van der Waals surface area contributed by atoms with Gasteiger partial charge in [0.1, 0.15) is 0 Å². The fourth-order valence-electron chi connectivity index (χ4n) is 2.40. The van der Waals surface area contributed by atoms with Crippen molar-refractivity contribution in [2.45, 2.75) is 18.2 Å². The Kier molecular flexibility index (Phi) is 4.47. The first-order valence-corrected chi connectivity index (χ1v) is 8.30. The monoisotopic (exact) mass is 283 g/mol. The van der Waals surface area contributed by atoms with Crippen LogP contribution in [-0.2, 0) is 14.6 Å². The second-order valence-electron chi connectivity index (χ2n) is 4.98. The summed E-state index contributed by atoms with van der Waals surface area (Å²) < 4.78 is 29.6. The van der Waals surface area contributed by atoms with Crippen LogP contribution in [0.15, 0.2) is 29.2 Å². The number of ether oxygens (including phenoxy) is 1. The van der Waals surface area contributed by atoms with E-state index >= 15 is 0 Å². The van der Waals surface area contributed by atoms with E-state index in [1.807, 2.05) is 24.1 Å². The number of anilines is 1. The lowest BCUT2D eigenvalue weighted by molar-refractivity contribution is 0.186. The third-order valence-corrected chi connectivity index (χ3v) is 5.32. The van der Waals surface area contributed by atoms with Gasteiger partial charge in [0.15, 0.2) is 9.84 Å². The number of sulfone groups is 1. The van der Waals surface area contributed by atoms with Gasteiger partial charge in [0.25, 0.3) is 0 Å². The second-order valence-corrected chi connectivity index (χ2v) is 7.23. The first kappa shape index (κ1) is 14.3. The minimum absolute atomic E-state index is 0.129. The zero-order chi connectivity index (χ0) is 13.9. The lowest BCUT2D eigenvalue weighted by atomic mass is 10.1. The van der Waals surface area contributed by atoms with Gasteiger partial charge >= 0.3 is 0 Å². The van der Waals surface area contributed by atoms with E-state index in [1.54, 1.807) is 19.1 Å². The summed E-state index contributed by atoms with van der Waals surface area (Å²) in [5.74, 6) is 0.618. The van der Waals surface area contributed by atoms with Crippen LogP contribution in [0.25, 0.3) is 0 Å². The fraction of sp³-hybridized carbons (Fsp3) is 0.571. The maximum Gasteiger partial charge on any atom is 0.180 e. The third kappa shape index (κ3) is 3.28. The molecule has 5 heteroatoms. The highest BCUT2D eigenvalue weighted by Gasteiger charge is 2.22. The topological polar surface area (TPSA) is 46.6 Å². The predicted octanol–water partition coefficient (Wildman–Crippen LogP) is 1.95. The molecule has 0 aliphatic carbocycles. The molecule has 19 heavy (non-hydrogen) atoms. The molecule has 106 valence electrons. The van der Waals surface area contributed by atoms with Crippen molar-refractivity contribution in [2.24, 2.45) is 5.92 Å². The van der Waals surface area contributed by atoms with Crippen LogP contribution in [0.5, 0.6) is 0 Å². The van der Waals surface area contributed by atoms with Crippen molar-refractivity contribution in [3.63, 3.8) is 0 Å². The van der Waals surface area contributed by atoms with Gasteiger partial charge in [-0.3, -0.25) is 0 Å². The third-order valence-electron chi connectivity index (χ3n) is 3.55. The number of benzene rings is 1. The molecule has 0 unspecified atom stereocenters. The van der Waals surface area contributed by atoms with Crippen molar-refractivity contribution in [1.29, 1.82) is 0 Å².